The van der Waals surface area contributed by atoms with Gasteiger partial charge in [0.15, 0.2) is 5.76 Å². The molecule has 6 nitrogen and oxygen atoms in total. The van der Waals surface area contributed by atoms with E-state index in [0.29, 0.717) is 25.9 Å². The summed E-state index contributed by atoms with van der Waals surface area (Å²) in [5.41, 5.74) is 0. The molecule has 1 unspecified atom stereocenters. The van der Waals surface area contributed by atoms with Crippen LogP contribution in [-0.2, 0) is 4.79 Å². The minimum Gasteiger partial charge on any atom is -0.459 e. The molecule has 0 bridgehead atoms. The summed E-state index contributed by atoms with van der Waals surface area (Å²) in [4.78, 5) is 23.1. The Labute approximate surface area is 124 Å². The van der Waals surface area contributed by atoms with E-state index in [4.69, 9.17) is 9.52 Å². The highest BCUT2D eigenvalue weighted by molar-refractivity contribution is 5.91. The maximum Gasteiger partial charge on any atom is 0.286 e. The molecule has 6 heteroatoms. The SMILES string of the molecule is CC(CO)CCCNC(=O)CCCNC(=O)c1ccco1. The Morgan fingerprint density at radius 3 is 2.71 bits per heavy atom. The Kier molecular flexibility index (Phi) is 8.19. The molecule has 1 rings (SSSR count). The average Bonchev–Trinajstić information content (AvgIpc) is 3.02. The normalized spacial score (nSPS) is 11.9. The minimum absolute atomic E-state index is 0.0149. The number of carbonyl (C=O) groups is 2. The Hall–Kier alpha value is -1.82. The number of nitrogens with one attached hydrogen (secondary N) is 2. The molecule has 118 valence electrons. The van der Waals surface area contributed by atoms with Gasteiger partial charge in [-0.05, 0) is 37.3 Å². The Bertz CT molecular complexity index is 417. The predicted octanol–water partition coefficient (Wildman–Crippen LogP) is 1.31. The molecule has 21 heavy (non-hydrogen) atoms. The maximum absolute atomic E-state index is 11.5. The summed E-state index contributed by atoms with van der Waals surface area (Å²) in [6, 6.07) is 3.25. The first-order valence-corrected chi connectivity index (χ1v) is 7.32. The van der Waals surface area contributed by atoms with Gasteiger partial charge in [0.25, 0.3) is 5.91 Å². The summed E-state index contributed by atoms with van der Waals surface area (Å²) >= 11 is 0. The maximum atomic E-state index is 11.5. The molecule has 0 aliphatic heterocycles. The van der Waals surface area contributed by atoms with Crippen LogP contribution in [0.4, 0.5) is 0 Å². The standard InChI is InChI=1S/C15H24N2O4/c1-12(11-18)5-2-8-16-14(19)7-3-9-17-15(20)13-6-4-10-21-13/h4,6,10,12,18H,2-3,5,7-9,11H2,1H3,(H,16,19)(H,17,20). The summed E-state index contributed by atoms with van der Waals surface area (Å²) in [5, 5.41) is 14.4. The predicted molar refractivity (Wildman–Crippen MR) is 78.8 cm³/mol. The first kappa shape index (κ1) is 17.2. The smallest absolute Gasteiger partial charge is 0.286 e. The molecule has 3 N–H and O–H groups in total. The summed E-state index contributed by atoms with van der Waals surface area (Å²) in [6.45, 7) is 3.23. The van der Waals surface area contributed by atoms with Gasteiger partial charge in [0, 0.05) is 26.1 Å². The van der Waals surface area contributed by atoms with Crippen LogP contribution in [-0.4, -0.2) is 36.6 Å². The van der Waals surface area contributed by atoms with Crippen LogP contribution in [0, 0.1) is 5.92 Å². The molecule has 0 aliphatic rings. The number of hydrogen-bond donors (Lipinski definition) is 3. The zero-order valence-corrected chi connectivity index (χ0v) is 12.4. The minimum atomic E-state index is -0.265. The third kappa shape index (κ3) is 7.51. The second kappa shape index (κ2) is 9.99. The van der Waals surface area contributed by atoms with Gasteiger partial charge in [0.1, 0.15) is 0 Å². The van der Waals surface area contributed by atoms with Crippen LogP contribution in [0.3, 0.4) is 0 Å². The van der Waals surface area contributed by atoms with Crippen molar-refractivity contribution in [1.29, 1.82) is 0 Å². The molecular formula is C15H24N2O4. The van der Waals surface area contributed by atoms with Gasteiger partial charge in [-0.25, -0.2) is 0 Å². The van der Waals surface area contributed by atoms with E-state index in [0.717, 1.165) is 12.8 Å². The van der Waals surface area contributed by atoms with Gasteiger partial charge >= 0.3 is 0 Å². The van der Waals surface area contributed by atoms with Crippen LogP contribution >= 0.6 is 0 Å². The monoisotopic (exact) mass is 296 g/mol. The molecule has 0 spiro atoms. The number of amides is 2. The van der Waals surface area contributed by atoms with Gasteiger partial charge in [-0.15, -0.1) is 0 Å². The fraction of sp³-hybridized carbons (Fsp3) is 0.600. The number of aliphatic hydroxyl groups excluding tert-OH is 1. The highest BCUT2D eigenvalue weighted by Crippen LogP contribution is 2.03. The fourth-order valence-electron chi connectivity index (χ4n) is 1.80. The molecule has 1 aromatic heterocycles. The Morgan fingerprint density at radius 2 is 2.05 bits per heavy atom. The van der Waals surface area contributed by atoms with Gasteiger partial charge in [0.05, 0.1) is 6.26 Å². The Morgan fingerprint density at radius 1 is 1.29 bits per heavy atom. The van der Waals surface area contributed by atoms with Crippen molar-refractivity contribution < 1.29 is 19.1 Å². The van der Waals surface area contributed by atoms with Gasteiger partial charge < -0.3 is 20.2 Å². The van der Waals surface area contributed by atoms with Crippen molar-refractivity contribution in [3.8, 4) is 0 Å². The zero-order valence-electron chi connectivity index (χ0n) is 12.4. The summed E-state index contributed by atoms with van der Waals surface area (Å²) in [5.74, 6) is 0.272. The van der Waals surface area contributed by atoms with Crippen molar-refractivity contribution >= 4 is 11.8 Å². The molecule has 0 saturated carbocycles. The first-order valence-electron chi connectivity index (χ1n) is 7.32. The second-order valence-corrected chi connectivity index (χ2v) is 5.12. The number of furan rings is 1. The van der Waals surface area contributed by atoms with E-state index in [9.17, 15) is 9.59 Å². The van der Waals surface area contributed by atoms with Crippen molar-refractivity contribution in [2.75, 3.05) is 19.7 Å². The molecule has 1 aromatic rings. The molecule has 0 aliphatic carbocycles. The number of rotatable bonds is 10. The van der Waals surface area contributed by atoms with Crippen molar-refractivity contribution in [2.24, 2.45) is 5.92 Å². The van der Waals surface area contributed by atoms with E-state index in [1.807, 2.05) is 6.92 Å². The fourth-order valence-corrected chi connectivity index (χ4v) is 1.80. The van der Waals surface area contributed by atoms with Crippen molar-refractivity contribution in [3.63, 3.8) is 0 Å². The third-order valence-electron chi connectivity index (χ3n) is 3.12. The summed E-state index contributed by atoms with van der Waals surface area (Å²) in [7, 11) is 0. The van der Waals surface area contributed by atoms with Crippen molar-refractivity contribution in [3.05, 3.63) is 24.2 Å². The van der Waals surface area contributed by atoms with Crippen LogP contribution < -0.4 is 10.6 Å². The van der Waals surface area contributed by atoms with E-state index in [1.165, 1.54) is 6.26 Å². The van der Waals surface area contributed by atoms with Gasteiger partial charge in [-0.1, -0.05) is 6.92 Å². The average molecular weight is 296 g/mol. The van der Waals surface area contributed by atoms with Crippen LogP contribution in [0.5, 0.6) is 0 Å². The van der Waals surface area contributed by atoms with E-state index >= 15 is 0 Å². The molecule has 1 heterocycles. The molecule has 0 fully saturated rings. The van der Waals surface area contributed by atoms with Crippen LogP contribution in [0.1, 0.15) is 43.2 Å². The quantitative estimate of drug-likeness (QED) is 0.568. The van der Waals surface area contributed by atoms with Crippen molar-refractivity contribution in [1.82, 2.24) is 10.6 Å². The third-order valence-corrected chi connectivity index (χ3v) is 3.12. The van der Waals surface area contributed by atoms with E-state index in [-0.39, 0.29) is 30.1 Å². The lowest BCUT2D eigenvalue weighted by Crippen LogP contribution is -2.28. The Balaban J connectivity index is 1.99. The molecule has 0 saturated heterocycles. The van der Waals surface area contributed by atoms with E-state index in [1.54, 1.807) is 12.1 Å². The second-order valence-electron chi connectivity index (χ2n) is 5.12. The lowest BCUT2D eigenvalue weighted by atomic mass is 10.1. The largest absolute Gasteiger partial charge is 0.459 e. The molecule has 0 radical (unpaired) electrons. The first-order chi connectivity index (χ1) is 10.1. The van der Waals surface area contributed by atoms with Gasteiger partial charge in [-0.3, -0.25) is 9.59 Å². The van der Waals surface area contributed by atoms with Gasteiger partial charge in [0.2, 0.25) is 5.91 Å². The highest BCUT2D eigenvalue weighted by atomic mass is 16.3. The molecule has 0 aromatic carbocycles. The molecular weight excluding hydrogens is 272 g/mol. The van der Waals surface area contributed by atoms with E-state index in [2.05, 4.69) is 10.6 Å². The van der Waals surface area contributed by atoms with Crippen molar-refractivity contribution in [2.45, 2.75) is 32.6 Å². The topological polar surface area (TPSA) is 91.6 Å². The molecule has 1 atom stereocenters. The summed E-state index contributed by atoms with van der Waals surface area (Å²) in [6.07, 6.45) is 4.18. The number of carbonyl (C=O) groups excluding carboxylic acids is 2. The van der Waals surface area contributed by atoms with Crippen LogP contribution in [0.2, 0.25) is 0 Å². The lowest BCUT2D eigenvalue weighted by molar-refractivity contribution is -0.121. The van der Waals surface area contributed by atoms with E-state index < -0.39 is 0 Å². The van der Waals surface area contributed by atoms with Gasteiger partial charge in [-0.2, -0.15) is 0 Å². The summed E-state index contributed by atoms with van der Waals surface area (Å²) < 4.78 is 4.96. The van der Waals surface area contributed by atoms with Crippen LogP contribution in [0.15, 0.2) is 22.8 Å². The molecule has 2 amide bonds. The number of hydrogen-bond acceptors (Lipinski definition) is 4. The zero-order chi connectivity index (χ0) is 15.5. The lowest BCUT2D eigenvalue weighted by Gasteiger charge is -2.08. The number of aliphatic hydroxyl groups is 1. The van der Waals surface area contributed by atoms with Crippen LogP contribution in [0.25, 0.3) is 0 Å². The highest BCUT2D eigenvalue weighted by Gasteiger charge is 2.07.